The third-order valence-electron chi connectivity index (χ3n) is 8.36. The number of halogens is 3. The fourth-order valence-electron chi connectivity index (χ4n) is 6.46. The van der Waals surface area contributed by atoms with Crippen molar-refractivity contribution in [1.82, 2.24) is 34.3 Å². The van der Waals surface area contributed by atoms with Crippen molar-refractivity contribution in [2.45, 2.75) is 63.5 Å². The molecule has 1 unspecified atom stereocenters. The number of rotatable bonds is 8. The van der Waals surface area contributed by atoms with E-state index in [1.54, 1.807) is 0 Å². The molecule has 3 aromatic heterocycles. The van der Waals surface area contributed by atoms with E-state index >= 15 is 0 Å². The lowest BCUT2D eigenvalue weighted by Gasteiger charge is -2.38. The molecular weight excluding hydrogens is 571 g/mol. The van der Waals surface area contributed by atoms with Crippen molar-refractivity contribution in [3.63, 3.8) is 0 Å². The number of pyridine rings is 2. The zero-order chi connectivity index (χ0) is 29.6. The molecule has 3 atom stereocenters. The molecule has 2 bridgehead atoms. The van der Waals surface area contributed by atoms with Gasteiger partial charge in [-0.3, -0.25) is 15.0 Å². The molecule has 6 heterocycles. The minimum absolute atomic E-state index is 0.150. The summed E-state index contributed by atoms with van der Waals surface area (Å²) >= 11 is 0. The lowest BCUT2D eigenvalue weighted by molar-refractivity contribution is -0.107. The van der Waals surface area contributed by atoms with Crippen LogP contribution in [0.4, 0.5) is 30.6 Å². The van der Waals surface area contributed by atoms with Gasteiger partial charge in [-0.1, -0.05) is 0 Å². The quantitative estimate of drug-likeness (QED) is 0.354. The van der Waals surface area contributed by atoms with Crippen molar-refractivity contribution < 1.29 is 21.6 Å². The SMILES string of the molecule is Cc1cc(Nc2cc3nc(CN4CCN(C)CC4)ccc3c(NC3C[C@H]4CC[C@@H](C3)N4S(=O)(=O)CC(F)(F)F)n2)n[nH]1. The van der Waals surface area contributed by atoms with Crippen LogP contribution < -0.4 is 10.6 Å². The Balaban J connectivity index is 1.25. The van der Waals surface area contributed by atoms with Crippen molar-refractivity contribution in [2.24, 2.45) is 0 Å². The van der Waals surface area contributed by atoms with Gasteiger partial charge in [0.15, 0.2) is 11.6 Å². The number of alkyl halides is 3. The summed E-state index contributed by atoms with van der Waals surface area (Å²) in [5.41, 5.74) is 2.60. The summed E-state index contributed by atoms with van der Waals surface area (Å²) in [4.78, 5) is 14.5. The highest BCUT2D eigenvalue weighted by Gasteiger charge is 2.50. The van der Waals surface area contributed by atoms with Crippen molar-refractivity contribution >= 4 is 38.4 Å². The molecule has 42 heavy (non-hydrogen) atoms. The van der Waals surface area contributed by atoms with Crippen LogP contribution in [0.2, 0.25) is 0 Å². The van der Waals surface area contributed by atoms with E-state index in [9.17, 15) is 21.6 Å². The molecule has 0 spiro atoms. The third kappa shape index (κ3) is 6.48. The monoisotopic (exact) mass is 607 g/mol. The van der Waals surface area contributed by atoms with Crippen molar-refractivity contribution in [2.75, 3.05) is 49.6 Å². The van der Waals surface area contributed by atoms with Crippen LogP contribution >= 0.6 is 0 Å². The summed E-state index contributed by atoms with van der Waals surface area (Å²) in [5, 5.41) is 14.7. The van der Waals surface area contributed by atoms with Gasteiger partial charge in [-0.25, -0.2) is 13.4 Å². The first-order chi connectivity index (χ1) is 19.9. The number of sulfonamides is 1. The Morgan fingerprint density at radius 1 is 1.02 bits per heavy atom. The van der Waals surface area contributed by atoms with Crippen LogP contribution in [-0.4, -0.2) is 106 Å². The summed E-state index contributed by atoms with van der Waals surface area (Å²) in [7, 11) is -2.31. The van der Waals surface area contributed by atoms with Gasteiger partial charge in [0.2, 0.25) is 10.0 Å². The van der Waals surface area contributed by atoms with Crippen LogP contribution in [-0.2, 0) is 16.6 Å². The normalized spacial score (nSPS) is 24.4. The average Bonchev–Trinajstić information content (AvgIpc) is 3.44. The molecule has 11 nitrogen and oxygen atoms in total. The van der Waals surface area contributed by atoms with Crippen molar-refractivity contribution in [1.29, 1.82) is 0 Å². The molecule has 15 heteroatoms. The average molecular weight is 608 g/mol. The molecule has 0 aliphatic carbocycles. The van der Waals surface area contributed by atoms with Crippen LogP contribution in [0.5, 0.6) is 0 Å². The summed E-state index contributed by atoms with van der Waals surface area (Å²) in [5.74, 6) is -0.0642. The molecule has 0 amide bonds. The third-order valence-corrected chi connectivity index (χ3v) is 10.3. The first-order valence-electron chi connectivity index (χ1n) is 14.3. The second-order valence-electron chi connectivity index (χ2n) is 11.8. The van der Waals surface area contributed by atoms with E-state index in [1.807, 2.05) is 31.2 Å². The van der Waals surface area contributed by atoms with Crippen LogP contribution in [0.1, 0.15) is 37.1 Å². The number of nitrogens with zero attached hydrogens (tertiary/aromatic N) is 6. The fourth-order valence-corrected chi connectivity index (χ4v) is 8.32. The lowest BCUT2D eigenvalue weighted by Crippen LogP contribution is -2.51. The zero-order valence-electron chi connectivity index (χ0n) is 23.7. The van der Waals surface area contributed by atoms with Gasteiger partial charge in [-0.05, 0) is 51.8 Å². The number of piperidine rings is 1. The number of anilines is 3. The number of aromatic amines is 1. The molecular formula is C27H36F3N9O2S. The predicted molar refractivity (Wildman–Crippen MR) is 154 cm³/mol. The molecule has 3 fully saturated rings. The second-order valence-corrected chi connectivity index (χ2v) is 13.6. The van der Waals surface area contributed by atoms with Crippen LogP contribution in [0.25, 0.3) is 10.9 Å². The van der Waals surface area contributed by atoms with E-state index < -0.39 is 34.0 Å². The number of hydrogen-bond donors (Lipinski definition) is 3. The van der Waals surface area contributed by atoms with Gasteiger partial charge < -0.3 is 15.5 Å². The fraction of sp³-hybridized carbons (Fsp3) is 0.593. The largest absolute Gasteiger partial charge is 0.404 e. The van der Waals surface area contributed by atoms with Crippen LogP contribution in [0, 0.1) is 6.92 Å². The Bertz CT molecular complexity index is 1530. The van der Waals surface area contributed by atoms with Gasteiger partial charge in [-0.15, -0.1) is 0 Å². The summed E-state index contributed by atoms with van der Waals surface area (Å²) < 4.78 is 65.5. The lowest BCUT2D eigenvalue weighted by atomic mass is 9.99. The smallest absolute Gasteiger partial charge is 0.367 e. The van der Waals surface area contributed by atoms with E-state index in [4.69, 9.17) is 9.97 Å². The highest BCUT2D eigenvalue weighted by atomic mass is 32.2. The molecule has 0 saturated carbocycles. The summed E-state index contributed by atoms with van der Waals surface area (Å²) in [6.45, 7) is 6.63. The van der Waals surface area contributed by atoms with Gasteiger partial charge in [0.1, 0.15) is 11.6 Å². The topological polar surface area (TPSA) is 122 Å². The van der Waals surface area contributed by atoms with Crippen LogP contribution in [0.15, 0.2) is 24.3 Å². The maximum atomic E-state index is 13.0. The van der Waals surface area contributed by atoms with Crippen molar-refractivity contribution in [3.05, 3.63) is 35.7 Å². The van der Waals surface area contributed by atoms with Gasteiger partial charge in [0.25, 0.3) is 0 Å². The molecule has 0 aromatic carbocycles. The Hall–Kier alpha value is -3.01. The summed E-state index contributed by atoms with van der Waals surface area (Å²) in [6, 6.07) is 6.67. The van der Waals surface area contributed by atoms with Gasteiger partial charge in [-0.2, -0.15) is 22.6 Å². The van der Waals surface area contributed by atoms with Crippen molar-refractivity contribution in [3.8, 4) is 0 Å². The highest BCUT2D eigenvalue weighted by molar-refractivity contribution is 7.89. The van der Waals surface area contributed by atoms with Gasteiger partial charge in [0.05, 0.1) is 11.2 Å². The molecule has 3 saturated heterocycles. The number of aromatic nitrogens is 4. The maximum Gasteiger partial charge on any atom is 0.404 e. The maximum absolute atomic E-state index is 13.0. The molecule has 228 valence electrons. The molecule has 3 N–H and O–H groups in total. The Labute approximate surface area is 242 Å². The highest BCUT2D eigenvalue weighted by Crippen LogP contribution is 2.40. The number of aryl methyl sites for hydroxylation is 1. The van der Waals surface area contributed by atoms with E-state index in [1.165, 1.54) is 0 Å². The Morgan fingerprint density at radius 3 is 2.38 bits per heavy atom. The number of likely N-dealkylation sites (N-methyl/N-ethyl adjacent to an activating group) is 1. The Kier molecular flexibility index (Phi) is 7.79. The van der Waals surface area contributed by atoms with E-state index in [-0.39, 0.29) is 6.04 Å². The molecule has 0 radical (unpaired) electrons. The molecule has 3 aliphatic heterocycles. The van der Waals surface area contributed by atoms with E-state index in [0.717, 1.165) is 59.3 Å². The Morgan fingerprint density at radius 2 is 1.74 bits per heavy atom. The number of H-pyrrole nitrogens is 1. The first kappa shape index (κ1) is 29.1. The van der Waals surface area contributed by atoms with E-state index in [2.05, 4.69) is 37.7 Å². The zero-order valence-corrected chi connectivity index (χ0v) is 24.5. The predicted octanol–water partition coefficient (Wildman–Crippen LogP) is 3.45. The standard InChI is InChI=1S/C27H36F3N9O2S/c1-17-11-25(36-35-17)33-24-14-23-22(6-3-18(31-23)15-38-9-7-37(2)8-10-38)26(34-24)32-19-12-20-4-5-21(13-19)39(20)42(40,41)16-27(28,29)30/h3,6,11,14,19-21H,4-5,7-10,12-13,15-16H2,1-2H3,(H3,32,33,34,35,36)/t19?,20-,21+. The molecule has 3 aromatic rings. The van der Waals surface area contributed by atoms with E-state index in [0.29, 0.717) is 43.1 Å². The molecule has 6 rings (SSSR count). The minimum atomic E-state index is -4.77. The summed E-state index contributed by atoms with van der Waals surface area (Å²) in [6.07, 6.45) is -2.87. The number of hydrogen-bond acceptors (Lipinski definition) is 9. The first-order valence-corrected chi connectivity index (χ1v) is 15.9. The van der Waals surface area contributed by atoms with Gasteiger partial charge >= 0.3 is 6.18 Å². The van der Waals surface area contributed by atoms with Crippen LogP contribution in [0.3, 0.4) is 0 Å². The van der Waals surface area contributed by atoms with Gasteiger partial charge in [0, 0.05) is 74.1 Å². The number of nitrogens with one attached hydrogen (secondary N) is 3. The number of fused-ring (bicyclic) bond motifs is 3. The minimum Gasteiger partial charge on any atom is -0.367 e. The number of piperazine rings is 1. The second kappa shape index (κ2) is 11.2. The molecule has 3 aliphatic rings.